The molecular formula is C23H23BrN2O. The number of rotatable bonds is 4. The molecule has 1 aliphatic heterocycles. The highest BCUT2D eigenvalue weighted by atomic mass is 79.9. The highest BCUT2D eigenvalue weighted by Crippen LogP contribution is 2.31. The van der Waals surface area contributed by atoms with E-state index < -0.39 is 0 Å². The highest BCUT2D eigenvalue weighted by molar-refractivity contribution is 9.10. The van der Waals surface area contributed by atoms with E-state index in [2.05, 4.69) is 76.5 Å². The molecule has 2 aromatic carbocycles. The van der Waals surface area contributed by atoms with Crippen molar-refractivity contribution in [3.05, 3.63) is 75.9 Å². The van der Waals surface area contributed by atoms with Crippen LogP contribution in [0.25, 0.3) is 16.5 Å². The molecule has 1 N–H and O–H groups in total. The molecule has 0 spiro atoms. The van der Waals surface area contributed by atoms with E-state index >= 15 is 0 Å². The first-order chi connectivity index (χ1) is 13.1. The molecule has 0 aliphatic carbocycles. The zero-order chi connectivity index (χ0) is 18.8. The van der Waals surface area contributed by atoms with Crippen molar-refractivity contribution in [3.8, 4) is 0 Å². The normalized spacial score (nSPS) is 14.4. The van der Waals surface area contributed by atoms with E-state index in [0.717, 1.165) is 29.4 Å². The Bertz CT molecular complexity index is 1000. The third kappa shape index (κ3) is 4.01. The van der Waals surface area contributed by atoms with E-state index in [1.165, 1.54) is 27.6 Å². The average Bonchev–Trinajstić information content (AvgIpc) is 3.10. The minimum atomic E-state index is 0.243. The van der Waals surface area contributed by atoms with Gasteiger partial charge < -0.3 is 9.88 Å². The van der Waals surface area contributed by atoms with Crippen molar-refractivity contribution < 1.29 is 4.79 Å². The number of aryl methyl sites for hydroxylation is 2. The summed E-state index contributed by atoms with van der Waals surface area (Å²) in [6.07, 6.45) is 6.57. The van der Waals surface area contributed by atoms with Gasteiger partial charge in [-0.25, -0.2) is 0 Å². The van der Waals surface area contributed by atoms with Crippen molar-refractivity contribution in [3.63, 3.8) is 0 Å². The average molecular weight is 423 g/mol. The van der Waals surface area contributed by atoms with Crippen LogP contribution in [0, 0.1) is 6.92 Å². The molecule has 0 bridgehead atoms. The molecule has 27 heavy (non-hydrogen) atoms. The summed E-state index contributed by atoms with van der Waals surface area (Å²) < 4.78 is 1.08. The molecule has 0 unspecified atom stereocenters. The number of fused-ring (bicyclic) bond motifs is 1. The van der Waals surface area contributed by atoms with Gasteiger partial charge in [-0.15, -0.1) is 0 Å². The fourth-order valence-electron chi connectivity index (χ4n) is 3.66. The van der Waals surface area contributed by atoms with E-state index in [-0.39, 0.29) is 5.91 Å². The van der Waals surface area contributed by atoms with Gasteiger partial charge in [-0.3, -0.25) is 4.79 Å². The Morgan fingerprint density at radius 3 is 2.74 bits per heavy atom. The second-order valence-electron chi connectivity index (χ2n) is 7.20. The Morgan fingerprint density at radius 1 is 1.19 bits per heavy atom. The molecule has 3 nitrogen and oxygen atoms in total. The van der Waals surface area contributed by atoms with Crippen LogP contribution in [0.3, 0.4) is 0 Å². The van der Waals surface area contributed by atoms with Crippen LogP contribution in [0.4, 0.5) is 0 Å². The van der Waals surface area contributed by atoms with Crippen molar-refractivity contribution in [1.29, 1.82) is 0 Å². The predicted octanol–water partition coefficient (Wildman–Crippen LogP) is 5.49. The summed E-state index contributed by atoms with van der Waals surface area (Å²) in [5.41, 5.74) is 6.19. The van der Waals surface area contributed by atoms with Crippen molar-refractivity contribution in [1.82, 2.24) is 9.88 Å². The lowest BCUT2D eigenvalue weighted by Gasteiger charge is -2.26. The minimum Gasteiger partial charge on any atom is -0.361 e. The van der Waals surface area contributed by atoms with Gasteiger partial charge in [0.25, 0.3) is 0 Å². The van der Waals surface area contributed by atoms with Crippen molar-refractivity contribution in [2.24, 2.45) is 0 Å². The number of nitrogens with zero attached hydrogens (tertiary/aromatic N) is 1. The molecule has 4 rings (SSSR count). The van der Waals surface area contributed by atoms with Crippen LogP contribution in [0.5, 0.6) is 0 Å². The zero-order valence-electron chi connectivity index (χ0n) is 15.5. The predicted molar refractivity (Wildman–Crippen MR) is 115 cm³/mol. The second kappa shape index (κ2) is 7.73. The topological polar surface area (TPSA) is 36.1 Å². The molecule has 138 valence electrons. The number of benzene rings is 2. The monoisotopic (exact) mass is 422 g/mol. The smallest absolute Gasteiger partial charge is 0.223 e. The maximum absolute atomic E-state index is 12.6. The largest absolute Gasteiger partial charge is 0.361 e. The number of H-pyrrole nitrogens is 1. The van der Waals surface area contributed by atoms with Gasteiger partial charge >= 0.3 is 0 Å². The maximum atomic E-state index is 12.6. The Balaban J connectivity index is 1.41. The third-order valence-corrected chi connectivity index (χ3v) is 5.79. The molecule has 0 atom stereocenters. The Kier molecular flexibility index (Phi) is 5.17. The lowest BCUT2D eigenvalue weighted by Crippen LogP contribution is -2.34. The van der Waals surface area contributed by atoms with Gasteiger partial charge in [0, 0.05) is 46.6 Å². The fraction of sp³-hybridized carbons (Fsp3) is 0.261. The molecule has 1 aliphatic rings. The van der Waals surface area contributed by atoms with Crippen molar-refractivity contribution >= 4 is 38.3 Å². The van der Waals surface area contributed by atoms with E-state index in [1.807, 2.05) is 11.0 Å². The van der Waals surface area contributed by atoms with Crippen LogP contribution in [-0.2, 0) is 11.2 Å². The van der Waals surface area contributed by atoms with Gasteiger partial charge in [-0.05, 0) is 49.1 Å². The molecule has 0 radical (unpaired) electrons. The first-order valence-electron chi connectivity index (χ1n) is 9.39. The number of halogens is 1. The molecular weight excluding hydrogens is 400 g/mol. The van der Waals surface area contributed by atoms with E-state index in [0.29, 0.717) is 13.0 Å². The highest BCUT2D eigenvalue weighted by Gasteiger charge is 2.19. The summed E-state index contributed by atoms with van der Waals surface area (Å²) >= 11 is 3.56. The molecule has 4 heteroatoms. The minimum absolute atomic E-state index is 0.243. The molecule has 0 saturated heterocycles. The first kappa shape index (κ1) is 18.1. The van der Waals surface area contributed by atoms with Gasteiger partial charge in [-0.2, -0.15) is 0 Å². The van der Waals surface area contributed by atoms with Crippen LogP contribution < -0.4 is 0 Å². The van der Waals surface area contributed by atoms with Crippen molar-refractivity contribution in [2.75, 3.05) is 13.1 Å². The summed E-state index contributed by atoms with van der Waals surface area (Å²) in [7, 11) is 0. The van der Waals surface area contributed by atoms with Gasteiger partial charge in [0.1, 0.15) is 0 Å². The molecule has 2 heterocycles. The number of hydrogen-bond acceptors (Lipinski definition) is 1. The van der Waals surface area contributed by atoms with Crippen LogP contribution in [-0.4, -0.2) is 28.9 Å². The number of aromatic nitrogens is 1. The van der Waals surface area contributed by atoms with E-state index in [1.54, 1.807) is 0 Å². The Labute approximate surface area is 168 Å². The van der Waals surface area contributed by atoms with Gasteiger partial charge in [0.2, 0.25) is 5.91 Å². The second-order valence-corrected chi connectivity index (χ2v) is 8.11. The lowest BCUT2D eigenvalue weighted by molar-refractivity contribution is -0.130. The Morgan fingerprint density at radius 2 is 2.00 bits per heavy atom. The number of hydrogen-bond donors (Lipinski definition) is 1. The van der Waals surface area contributed by atoms with Gasteiger partial charge in [0.05, 0.1) is 0 Å². The zero-order valence-corrected chi connectivity index (χ0v) is 17.1. The summed E-state index contributed by atoms with van der Waals surface area (Å²) in [6.45, 7) is 3.57. The van der Waals surface area contributed by atoms with Gasteiger partial charge in [0.15, 0.2) is 0 Å². The molecule has 3 aromatic rings. The number of amides is 1. The maximum Gasteiger partial charge on any atom is 0.223 e. The summed E-state index contributed by atoms with van der Waals surface area (Å²) in [6, 6.07) is 14.7. The molecule has 1 amide bonds. The van der Waals surface area contributed by atoms with Crippen LogP contribution >= 0.6 is 15.9 Å². The van der Waals surface area contributed by atoms with E-state index in [4.69, 9.17) is 0 Å². The molecule has 0 saturated carbocycles. The number of nitrogens with one attached hydrogen (secondary N) is 1. The fourth-order valence-corrected chi connectivity index (χ4v) is 4.02. The van der Waals surface area contributed by atoms with Crippen LogP contribution in [0.2, 0.25) is 0 Å². The number of carbonyl (C=O) groups excluding carboxylic acids is 1. The SMILES string of the molecule is Cc1ccc(CCC(=O)N2CC=C(c3c[nH]c4ccc(Br)cc34)CC2)cc1. The van der Waals surface area contributed by atoms with Crippen LogP contribution in [0.1, 0.15) is 29.5 Å². The lowest BCUT2D eigenvalue weighted by atomic mass is 9.98. The molecule has 1 aromatic heterocycles. The standard InChI is InChI=1S/C23H23BrN2O/c1-16-2-4-17(5-3-16)6-9-23(27)26-12-10-18(11-13-26)21-15-25-22-8-7-19(24)14-20(21)22/h2-5,7-8,10,14-15,25H,6,9,11-13H2,1H3. The van der Waals surface area contributed by atoms with Crippen molar-refractivity contribution in [2.45, 2.75) is 26.2 Å². The summed E-state index contributed by atoms with van der Waals surface area (Å²) in [4.78, 5) is 17.9. The van der Waals surface area contributed by atoms with Gasteiger partial charge in [-0.1, -0.05) is 51.8 Å². The summed E-state index contributed by atoms with van der Waals surface area (Å²) in [5.74, 6) is 0.243. The summed E-state index contributed by atoms with van der Waals surface area (Å²) in [5, 5.41) is 1.23. The molecule has 0 fully saturated rings. The third-order valence-electron chi connectivity index (χ3n) is 5.30. The van der Waals surface area contributed by atoms with Crippen LogP contribution in [0.15, 0.2) is 59.2 Å². The first-order valence-corrected chi connectivity index (χ1v) is 10.2. The number of aromatic amines is 1. The Hall–Kier alpha value is -2.33. The quantitative estimate of drug-likeness (QED) is 0.592. The number of carbonyl (C=O) groups is 1. The van der Waals surface area contributed by atoms with E-state index in [9.17, 15) is 4.79 Å².